The van der Waals surface area contributed by atoms with Gasteiger partial charge >= 0.3 is 0 Å². The summed E-state index contributed by atoms with van der Waals surface area (Å²) in [7, 11) is 1.59. The van der Waals surface area contributed by atoms with Crippen molar-refractivity contribution in [1.29, 1.82) is 0 Å². The van der Waals surface area contributed by atoms with Crippen molar-refractivity contribution in [2.45, 2.75) is 6.54 Å². The third kappa shape index (κ3) is 5.96. The highest BCUT2D eigenvalue weighted by Crippen LogP contribution is 2.16. The van der Waals surface area contributed by atoms with Gasteiger partial charge in [-0.15, -0.1) is 0 Å². The van der Waals surface area contributed by atoms with Crippen LogP contribution in [0, 0.1) is 0 Å². The van der Waals surface area contributed by atoms with Crippen molar-refractivity contribution in [2.75, 3.05) is 13.7 Å². The molecule has 2 N–H and O–H groups in total. The summed E-state index contributed by atoms with van der Waals surface area (Å²) in [4.78, 5) is 11.8. The number of hydrogen-bond acceptors (Lipinski definition) is 4. The van der Waals surface area contributed by atoms with Crippen molar-refractivity contribution in [2.24, 2.45) is 0 Å². The molecule has 5 nitrogen and oxygen atoms in total. The van der Waals surface area contributed by atoms with Crippen LogP contribution in [-0.4, -0.2) is 24.7 Å². The second-order valence-corrected chi connectivity index (χ2v) is 5.09. The Bertz CT molecular complexity index is 645. The topological polar surface area (TPSA) is 59.6 Å². The van der Waals surface area contributed by atoms with Gasteiger partial charge in [0.2, 0.25) is 0 Å². The van der Waals surface area contributed by atoms with E-state index in [0.29, 0.717) is 12.3 Å². The lowest BCUT2D eigenvalue weighted by Gasteiger charge is -2.10. The number of amides is 1. The monoisotopic (exact) mass is 330 g/mol. The SMILES string of the molecule is COc1ccc(OCC(=O)NC(=S)NCc2ccccc2)cc1. The normalized spacial score (nSPS) is 9.78. The minimum atomic E-state index is -0.314. The smallest absolute Gasteiger partial charge is 0.264 e. The lowest BCUT2D eigenvalue weighted by atomic mass is 10.2. The summed E-state index contributed by atoms with van der Waals surface area (Å²) in [5.41, 5.74) is 1.08. The van der Waals surface area contributed by atoms with Crippen molar-refractivity contribution < 1.29 is 14.3 Å². The molecule has 6 heteroatoms. The number of carbonyl (C=O) groups excluding carboxylic acids is 1. The number of ether oxygens (including phenoxy) is 2. The largest absolute Gasteiger partial charge is 0.497 e. The molecule has 2 aromatic rings. The first kappa shape index (κ1) is 16.8. The number of nitrogens with one attached hydrogen (secondary N) is 2. The van der Waals surface area contributed by atoms with E-state index in [1.54, 1.807) is 31.4 Å². The van der Waals surface area contributed by atoms with Gasteiger partial charge < -0.3 is 20.1 Å². The van der Waals surface area contributed by atoms with Crippen LogP contribution in [0.2, 0.25) is 0 Å². The molecule has 1 amide bonds. The first-order valence-electron chi connectivity index (χ1n) is 7.06. The lowest BCUT2D eigenvalue weighted by molar-refractivity contribution is -0.121. The zero-order chi connectivity index (χ0) is 16.5. The Morgan fingerprint density at radius 3 is 2.35 bits per heavy atom. The molecule has 2 aromatic carbocycles. The van der Waals surface area contributed by atoms with Crippen LogP contribution in [0.25, 0.3) is 0 Å². The Kier molecular flexibility index (Phi) is 6.38. The number of rotatable bonds is 6. The van der Waals surface area contributed by atoms with Crippen LogP contribution in [0.5, 0.6) is 11.5 Å². The van der Waals surface area contributed by atoms with Crippen LogP contribution in [0.15, 0.2) is 54.6 Å². The van der Waals surface area contributed by atoms with Crippen molar-refractivity contribution >= 4 is 23.2 Å². The summed E-state index contributed by atoms with van der Waals surface area (Å²) in [5.74, 6) is 1.00. The van der Waals surface area contributed by atoms with Gasteiger partial charge in [-0.2, -0.15) is 0 Å². The van der Waals surface area contributed by atoms with Crippen LogP contribution in [0.3, 0.4) is 0 Å². The Morgan fingerprint density at radius 2 is 1.70 bits per heavy atom. The van der Waals surface area contributed by atoms with E-state index in [9.17, 15) is 4.79 Å². The highest BCUT2D eigenvalue weighted by molar-refractivity contribution is 7.80. The molecule has 23 heavy (non-hydrogen) atoms. The van der Waals surface area contributed by atoms with Gasteiger partial charge in [-0.1, -0.05) is 30.3 Å². The van der Waals surface area contributed by atoms with Crippen LogP contribution < -0.4 is 20.1 Å². The molecule has 0 fully saturated rings. The summed E-state index contributed by atoms with van der Waals surface area (Å²) in [6.45, 7) is 0.443. The number of hydrogen-bond donors (Lipinski definition) is 2. The maximum absolute atomic E-state index is 11.8. The summed E-state index contributed by atoms with van der Waals surface area (Å²) in [6.07, 6.45) is 0. The fourth-order valence-electron chi connectivity index (χ4n) is 1.81. The van der Waals surface area contributed by atoms with Crippen molar-refractivity contribution in [3.8, 4) is 11.5 Å². The molecule has 2 rings (SSSR count). The predicted molar refractivity (Wildman–Crippen MR) is 92.5 cm³/mol. The second-order valence-electron chi connectivity index (χ2n) is 4.68. The molecule has 120 valence electrons. The first-order chi connectivity index (χ1) is 11.2. The minimum Gasteiger partial charge on any atom is -0.497 e. The predicted octanol–water partition coefficient (Wildman–Crippen LogP) is 2.26. The van der Waals surface area contributed by atoms with Gasteiger partial charge in [0.15, 0.2) is 11.7 Å². The maximum atomic E-state index is 11.8. The summed E-state index contributed by atoms with van der Waals surface area (Å²) >= 11 is 5.08. The Hall–Kier alpha value is -2.60. The highest BCUT2D eigenvalue weighted by Gasteiger charge is 2.05. The molecule has 0 bridgehead atoms. The van der Waals surface area contributed by atoms with E-state index in [1.807, 2.05) is 30.3 Å². The average Bonchev–Trinajstić information content (AvgIpc) is 2.59. The molecule has 0 atom stereocenters. The molecule has 0 saturated carbocycles. The fourth-order valence-corrected chi connectivity index (χ4v) is 1.99. The highest BCUT2D eigenvalue weighted by atomic mass is 32.1. The van der Waals surface area contributed by atoms with Crippen molar-refractivity contribution in [3.05, 3.63) is 60.2 Å². The van der Waals surface area contributed by atoms with Gasteiger partial charge in [0, 0.05) is 6.54 Å². The van der Waals surface area contributed by atoms with E-state index in [0.717, 1.165) is 11.3 Å². The van der Waals surface area contributed by atoms with Crippen LogP contribution in [0.1, 0.15) is 5.56 Å². The Balaban J connectivity index is 1.70. The maximum Gasteiger partial charge on any atom is 0.264 e. The molecule has 0 radical (unpaired) electrons. The van der Waals surface area contributed by atoms with Gasteiger partial charge in [0.05, 0.1) is 7.11 Å². The molecule has 0 aliphatic carbocycles. The standard InChI is InChI=1S/C17H18N2O3S/c1-21-14-7-9-15(10-8-14)22-12-16(20)19-17(23)18-11-13-5-3-2-4-6-13/h2-10H,11-12H2,1H3,(H2,18,19,20,23). The third-order valence-corrected chi connectivity index (χ3v) is 3.22. The van der Waals surface area contributed by atoms with Gasteiger partial charge in [0.1, 0.15) is 11.5 Å². The average molecular weight is 330 g/mol. The summed E-state index contributed by atoms with van der Waals surface area (Å²) < 4.78 is 10.4. The molecule has 0 spiro atoms. The molecule has 0 aliphatic rings. The second kappa shape index (κ2) is 8.75. The van der Waals surface area contributed by atoms with Crippen molar-refractivity contribution in [1.82, 2.24) is 10.6 Å². The van der Waals surface area contributed by atoms with Gasteiger partial charge in [-0.25, -0.2) is 0 Å². The van der Waals surface area contributed by atoms with Crippen LogP contribution in [0.4, 0.5) is 0 Å². The van der Waals surface area contributed by atoms with E-state index < -0.39 is 0 Å². The Morgan fingerprint density at radius 1 is 1.04 bits per heavy atom. The van der Waals surface area contributed by atoms with Gasteiger partial charge in [-0.05, 0) is 42.0 Å². The van der Waals surface area contributed by atoms with E-state index in [4.69, 9.17) is 21.7 Å². The Labute approximate surface area is 140 Å². The third-order valence-electron chi connectivity index (χ3n) is 2.98. The van der Waals surface area contributed by atoms with Gasteiger partial charge in [-0.3, -0.25) is 4.79 Å². The van der Waals surface area contributed by atoms with Crippen LogP contribution in [-0.2, 0) is 11.3 Å². The number of thiocarbonyl (C=S) groups is 1. The minimum absolute atomic E-state index is 0.112. The molecule has 0 aliphatic heterocycles. The number of methoxy groups -OCH3 is 1. The quantitative estimate of drug-likeness (QED) is 0.796. The van der Waals surface area contributed by atoms with E-state index in [-0.39, 0.29) is 17.6 Å². The number of carbonyl (C=O) groups is 1. The molecule has 0 saturated heterocycles. The molecule has 0 aromatic heterocycles. The van der Waals surface area contributed by atoms with Crippen molar-refractivity contribution in [3.63, 3.8) is 0 Å². The first-order valence-corrected chi connectivity index (χ1v) is 7.46. The molecule has 0 unspecified atom stereocenters. The van der Waals surface area contributed by atoms with E-state index in [2.05, 4.69) is 10.6 Å². The van der Waals surface area contributed by atoms with Gasteiger partial charge in [0.25, 0.3) is 5.91 Å². The fraction of sp³-hybridized carbons (Fsp3) is 0.176. The van der Waals surface area contributed by atoms with E-state index in [1.165, 1.54) is 0 Å². The molecular weight excluding hydrogens is 312 g/mol. The number of benzene rings is 2. The summed E-state index contributed by atoms with van der Waals surface area (Å²) in [6, 6.07) is 16.8. The summed E-state index contributed by atoms with van der Waals surface area (Å²) in [5, 5.41) is 5.82. The van der Waals surface area contributed by atoms with E-state index >= 15 is 0 Å². The lowest BCUT2D eigenvalue weighted by Crippen LogP contribution is -2.41. The molecule has 0 heterocycles. The zero-order valence-electron chi connectivity index (χ0n) is 12.7. The van der Waals surface area contributed by atoms with Crippen LogP contribution >= 0.6 is 12.2 Å². The molecular formula is C17H18N2O3S. The zero-order valence-corrected chi connectivity index (χ0v) is 13.6.